The zero-order chi connectivity index (χ0) is 8.97. The molecule has 0 N–H and O–H groups in total. The summed E-state index contributed by atoms with van der Waals surface area (Å²) in [5.41, 5.74) is 0. The zero-order valence-corrected chi connectivity index (χ0v) is 11.8. The first-order chi connectivity index (χ1) is 5.68. The van der Waals surface area contributed by atoms with E-state index in [4.69, 9.17) is 0 Å². The molecule has 0 aliphatic heterocycles. The van der Waals surface area contributed by atoms with Crippen LogP contribution >= 0.6 is 0 Å². The van der Waals surface area contributed by atoms with Gasteiger partial charge in [0.1, 0.15) is 12.4 Å². The van der Waals surface area contributed by atoms with Crippen LogP contribution in [0.3, 0.4) is 0 Å². The third-order valence-electron chi connectivity index (χ3n) is 1.92. The molecule has 0 bridgehead atoms. The highest BCUT2D eigenvalue weighted by Crippen LogP contribution is 1.99. The van der Waals surface area contributed by atoms with Gasteiger partial charge in [-0.05, 0) is 6.42 Å². The number of hydrogen-bond donors (Lipinski definition) is 0. The van der Waals surface area contributed by atoms with E-state index in [9.17, 15) is 0 Å². The Morgan fingerprint density at radius 2 is 2.08 bits per heavy atom. The van der Waals surface area contributed by atoms with Crippen molar-refractivity contribution in [2.75, 3.05) is 0 Å². The molecule has 0 aliphatic carbocycles. The van der Waals surface area contributed by atoms with Gasteiger partial charge in [-0.3, -0.25) is 0 Å². The van der Waals surface area contributed by atoms with Crippen molar-refractivity contribution in [3.8, 4) is 0 Å². The Morgan fingerprint density at radius 1 is 1.38 bits per heavy atom. The van der Waals surface area contributed by atoms with Crippen molar-refractivity contribution in [2.45, 2.75) is 32.1 Å². The van der Waals surface area contributed by atoms with E-state index in [-0.39, 0.29) is 32.8 Å². The predicted molar refractivity (Wildman–Crippen MR) is 52.5 cm³/mol. The molecular weight excluding hydrogens is 291 g/mol. The van der Waals surface area contributed by atoms with Crippen LogP contribution in [0, 0.1) is 0 Å². The number of halogens is 1. The van der Waals surface area contributed by atoms with E-state index in [0.29, 0.717) is 0 Å². The maximum Gasteiger partial charge on any atom is 0.243 e. The quantitative estimate of drug-likeness (QED) is 0.362. The molecule has 75 valence electrons. The molecule has 0 atom stereocenters. The summed E-state index contributed by atoms with van der Waals surface area (Å²) in [6.07, 6.45) is 7.69. The summed E-state index contributed by atoms with van der Waals surface area (Å²) in [5, 5.41) is 0. The highest BCUT2D eigenvalue weighted by atomic mass is 127. The molecule has 0 saturated carbocycles. The average Bonchev–Trinajstić information content (AvgIpc) is 2.35. The lowest BCUT2D eigenvalue weighted by Crippen LogP contribution is -3.00. The molecule has 1 aromatic heterocycles. The van der Waals surface area contributed by atoms with Gasteiger partial charge in [-0.25, -0.2) is 9.13 Å². The standard InChI is InChI=1S/C9H18N2Si.HI/c1-10-6-7-11(9-10)5-4-8-12(2)3;/h6-7,9H,4-5,8H2,1-3H3;1H/q+1;/p-1. The van der Waals surface area contributed by atoms with E-state index < -0.39 is 0 Å². The lowest BCUT2D eigenvalue weighted by molar-refractivity contribution is -0.671. The van der Waals surface area contributed by atoms with Crippen LogP contribution in [0.1, 0.15) is 6.42 Å². The molecule has 2 nitrogen and oxygen atoms in total. The second-order valence-corrected chi connectivity index (χ2v) is 6.54. The van der Waals surface area contributed by atoms with Crippen LogP contribution in [0.25, 0.3) is 0 Å². The Labute approximate surface area is 99.6 Å². The molecular formula is C9H18IN2Si. The molecule has 1 aromatic rings. The third-order valence-corrected chi connectivity index (χ3v) is 3.27. The fourth-order valence-corrected chi connectivity index (χ4v) is 2.11. The Bertz CT molecular complexity index is 235. The monoisotopic (exact) mass is 309 g/mol. The topological polar surface area (TPSA) is 8.81 Å². The number of hydrogen-bond acceptors (Lipinski definition) is 0. The van der Waals surface area contributed by atoms with Crippen LogP contribution in [0.5, 0.6) is 0 Å². The Hall–Kier alpha value is 0.157. The Kier molecular flexibility index (Phi) is 6.67. The number of aryl methyl sites for hydroxylation is 2. The number of imidazole rings is 1. The van der Waals surface area contributed by atoms with Gasteiger partial charge < -0.3 is 24.0 Å². The molecule has 0 aromatic carbocycles. The summed E-state index contributed by atoms with van der Waals surface area (Å²) >= 11 is 0. The molecule has 4 heteroatoms. The molecule has 13 heavy (non-hydrogen) atoms. The molecule has 0 saturated heterocycles. The minimum absolute atomic E-state index is 0. The summed E-state index contributed by atoms with van der Waals surface area (Å²) in [6, 6.07) is 1.42. The number of rotatable bonds is 4. The minimum atomic E-state index is -0.0176. The third kappa shape index (κ3) is 5.46. The van der Waals surface area contributed by atoms with Crippen molar-refractivity contribution in [3.63, 3.8) is 0 Å². The van der Waals surface area contributed by atoms with Gasteiger partial charge in [-0.2, -0.15) is 0 Å². The van der Waals surface area contributed by atoms with Gasteiger partial charge in [0.05, 0.1) is 13.6 Å². The summed E-state index contributed by atoms with van der Waals surface area (Å²) in [4.78, 5) is 0. The average molecular weight is 309 g/mol. The van der Waals surface area contributed by atoms with E-state index in [0.717, 1.165) is 0 Å². The molecule has 1 radical (unpaired) electrons. The maximum absolute atomic E-state index is 2.38. The SMILES string of the molecule is C[n+]1ccn(CCC[Si](C)C)c1.[I-]. The molecule has 0 unspecified atom stereocenters. The molecule has 0 fully saturated rings. The van der Waals surface area contributed by atoms with Crippen molar-refractivity contribution in [1.82, 2.24) is 4.57 Å². The molecule has 0 spiro atoms. The Balaban J connectivity index is 0.00000144. The fraction of sp³-hybridized carbons (Fsp3) is 0.667. The highest BCUT2D eigenvalue weighted by molar-refractivity contribution is 6.55. The van der Waals surface area contributed by atoms with Crippen LogP contribution in [0.2, 0.25) is 19.1 Å². The molecule has 0 amide bonds. The zero-order valence-electron chi connectivity index (χ0n) is 8.63. The summed E-state index contributed by atoms with van der Waals surface area (Å²) in [5.74, 6) is 0. The van der Waals surface area contributed by atoms with E-state index >= 15 is 0 Å². The summed E-state index contributed by atoms with van der Waals surface area (Å²) < 4.78 is 4.34. The first-order valence-electron chi connectivity index (χ1n) is 4.48. The van der Waals surface area contributed by atoms with Crippen molar-refractivity contribution in [1.29, 1.82) is 0 Å². The van der Waals surface area contributed by atoms with Gasteiger partial charge in [-0.15, -0.1) is 0 Å². The second-order valence-electron chi connectivity index (χ2n) is 3.63. The molecule has 0 aliphatic rings. The van der Waals surface area contributed by atoms with Crippen LogP contribution in [0.15, 0.2) is 18.7 Å². The van der Waals surface area contributed by atoms with Gasteiger partial charge >= 0.3 is 0 Å². The van der Waals surface area contributed by atoms with Crippen molar-refractivity contribution >= 4 is 8.80 Å². The smallest absolute Gasteiger partial charge is 0.243 e. The Morgan fingerprint density at radius 3 is 2.54 bits per heavy atom. The van der Waals surface area contributed by atoms with E-state index in [1.54, 1.807) is 0 Å². The predicted octanol–water partition coefficient (Wildman–Crippen LogP) is -1.54. The van der Waals surface area contributed by atoms with E-state index in [2.05, 4.69) is 48.0 Å². The number of nitrogens with zero attached hydrogens (tertiary/aromatic N) is 2. The molecule has 1 rings (SSSR count). The second kappa shape index (κ2) is 6.59. The van der Waals surface area contributed by atoms with Gasteiger partial charge in [0, 0.05) is 8.80 Å². The first kappa shape index (κ1) is 13.2. The first-order valence-corrected chi connectivity index (χ1v) is 7.19. The van der Waals surface area contributed by atoms with E-state index in [1.165, 1.54) is 19.0 Å². The van der Waals surface area contributed by atoms with Gasteiger partial charge in [0.2, 0.25) is 6.33 Å². The summed E-state index contributed by atoms with van der Waals surface area (Å²) in [7, 11) is 2.04. The highest BCUT2D eigenvalue weighted by Gasteiger charge is 2.00. The lowest BCUT2D eigenvalue weighted by atomic mass is 10.5. The van der Waals surface area contributed by atoms with Crippen LogP contribution < -0.4 is 28.5 Å². The largest absolute Gasteiger partial charge is 1.00 e. The summed E-state index contributed by atoms with van der Waals surface area (Å²) in [6.45, 7) is 5.93. The van der Waals surface area contributed by atoms with Gasteiger partial charge in [-0.1, -0.05) is 19.1 Å². The maximum atomic E-state index is 2.38. The van der Waals surface area contributed by atoms with Crippen molar-refractivity contribution in [3.05, 3.63) is 18.7 Å². The minimum Gasteiger partial charge on any atom is -1.00 e. The van der Waals surface area contributed by atoms with E-state index in [1.807, 2.05) is 0 Å². The number of aromatic nitrogens is 2. The van der Waals surface area contributed by atoms with Gasteiger partial charge in [0.25, 0.3) is 0 Å². The molecule has 1 heterocycles. The van der Waals surface area contributed by atoms with Crippen LogP contribution in [-0.2, 0) is 13.6 Å². The van der Waals surface area contributed by atoms with Crippen LogP contribution in [-0.4, -0.2) is 13.4 Å². The fourth-order valence-electron chi connectivity index (χ4n) is 1.25. The van der Waals surface area contributed by atoms with Crippen molar-refractivity contribution in [2.24, 2.45) is 7.05 Å². The normalized spacial score (nSPS) is 10.2. The van der Waals surface area contributed by atoms with Crippen molar-refractivity contribution < 1.29 is 28.5 Å². The van der Waals surface area contributed by atoms with Gasteiger partial charge in [0.15, 0.2) is 0 Å². The lowest BCUT2D eigenvalue weighted by Gasteiger charge is -1.99. The van der Waals surface area contributed by atoms with Crippen LogP contribution in [0.4, 0.5) is 0 Å².